The van der Waals surface area contributed by atoms with E-state index in [4.69, 9.17) is 4.74 Å². The van der Waals surface area contributed by atoms with Gasteiger partial charge < -0.3 is 15.5 Å². The van der Waals surface area contributed by atoms with E-state index in [2.05, 4.69) is 168 Å². The predicted molar refractivity (Wildman–Crippen MR) is 223 cm³/mol. The zero-order valence-electron chi connectivity index (χ0n) is 30.4. The molecule has 4 heteroatoms. The second-order valence-electron chi connectivity index (χ2n) is 15.3. The molecule has 1 saturated heterocycles. The quantitative estimate of drug-likeness (QED) is 0.128. The smallest absolute Gasteiger partial charge is 0.131 e. The molecule has 1 fully saturated rings. The molecule has 11 rings (SSSR count). The molecule has 0 saturated carbocycles. The molecule has 4 nitrogen and oxygen atoms in total. The molecule has 4 aliphatic heterocycles. The van der Waals surface area contributed by atoms with Gasteiger partial charge in [-0.3, -0.25) is 4.90 Å². The molecule has 3 atom stereocenters. The molecule has 264 valence electrons. The van der Waals surface area contributed by atoms with Gasteiger partial charge >= 0.3 is 0 Å². The third-order valence-corrected chi connectivity index (χ3v) is 12.2. The van der Waals surface area contributed by atoms with Gasteiger partial charge in [0.1, 0.15) is 11.5 Å². The first-order valence-electron chi connectivity index (χ1n) is 19.3. The monoisotopic (exact) mass is 709 g/mol. The van der Waals surface area contributed by atoms with Gasteiger partial charge in [-0.1, -0.05) is 140 Å². The van der Waals surface area contributed by atoms with Crippen LogP contribution in [0.15, 0.2) is 193 Å². The summed E-state index contributed by atoms with van der Waals surface area (Å²) in [6, 6.07) is 54.8. The van der Waals surface area contributed by atoms with E-state index in [1.54, 1.807) is 0 Å². The maximum absolute atomic E-state index is 9.27. The number of fused-ring (bicyclic) bond motifs is 9. The lowest BCUT2D eigenvalue weighted by Crippen LogP contribution is -2.41. The summed E-state index contributed by atoms with van der Waals surface area (Å²) in [7, 11) is 0. The highest BCUT2D eigenvalue weighted by Crippen LogP contribution is 2.63. The van der Waals surface area contributed by atoms with Crippen LogP contribution in [0.1, 0.15) is 27.8 Å². The molecular formula is C51H39N3O. The summed E-state index contributed by atoms with van der Waals surface area (Å²) < 4.78 is 6.75. The number of benzene rings is 6. The fourth-order valence-electron chi connectivity index (χ4n) is 9.50. The van der Waals surface area contributed by atoms with Crippen LogP contribution in [0.25, 0.3) is 39.0 Å². The van der Waals surface area contributed by atoms with E-state index < -0.39 is 0 Å². The zero-order chi connectivity index (χ0) is 36.5. The largest absolute Gasteiger partial charge is 0.460 e. The van der Waals surface area contributed by atoms with Gasteiger partial charge in [0.25, 0.3) is 0 Å². The van der Waals surface area contributed by atoms with Crippen molar-refractivity contribution >= 4 is 11.3 Å². The Kier molecular flexibility index (Phi) is 7.30. The number of nitrogens with one attached hydrogen (secondary N) is 2. The van der Waals surface area contributed by atoms with E-state index in [9.17, 15) is 5.41 Å². The maximum atomic E-state index is 9.27. The van der Waals surface area contributed by atoms with Crippen molar-refractivity contribution in [1.82, 2.24) is 10.2 Å². The minimum Gasteiger partial charge on any atom is -0.460 e. The Morgan fingerprint density at radius 2 is 1.40 bits per heavy atom. The normalized spacial score (nSPS) is 21.3. The summed E-state index contributed by atoms with van der Waals surface area (Å²) >= 11 is 0. The molecule has 55 heavy (non-hydrogen) atoms. The Hall–Kier alpha value is -6.49. The van der Waals surface area contributed by atoms with Gasteiger partial charge in [0, 0.05) is 37.0 Å². The minimum atomic E-state index is -0.378. The number of nitrogens with zero attached hydrogens (tertiary/aromatic N) is 1. The van der Waals surface area contributed by atoms with Gasteiger partial charge in [0.05, 0.1) is 17.2 Å². The van der Waals surface area contributed by atoms with Crippen molar-refractivity contribution < 1.29 is 4.74 Å². The first kappa shape index (κ1) is 32.0. The SMILES string of the molecule is N=C(/C=C(\Cc1ccccc1)c1cccc(-c2ccc3c(c2)C2(C4=C(C=CNC4)OC4=C2CN2CC42)c2ccccc2-3)c1)c1ccc(-c2ccccc2)cc1. The van der Waals surface area contributed by atoms with Crippen molar-refractivity contribution in [3.8, 4) is 33.4 Å². The molecule has 0 radical (unpaired) electrons. The van der Waals surface area contributed by atoms with E-state index in [0.29, 0.717) is 11.8 Å². The van der Waals surface area contributed by atoms with E-state index in [0.717, 1.165) is 59.8 Å². The van der Waals surface area contributed by atoms with Crippen molar-refractivity contribution in [2.45, 2.75) is 17.9 Å². The molecule has 3 unspecified atom stereocenters. The number of ether oxygens (including phenoxy) is 1. The first-order chi connectivity index (χ1) is 27.1. The summed E-state index contributed by atoms with van der Waals surface area (Å²) in [5.74, 6) is 2.15. The fraction of sp³-hybridized carbons (Fsp3) is 0.118. The predicted octanol–water partition coefficient (Wildman–Crippen LogP) is 10.3. The third kappa shape index (κ3) is 5.13. The van der Waals surface area contributed by atoms with Gasteiger partial charge in [-0.05, 0) is 97.5 Å². The number of rotatable bonds is 7. The highest BCUT2D eigenvalue weighted by molar-refractivity contribution is 6.10. The van der Waals surface area contributed by atoms with Crippen LogP contribution in [0.4, 0.5) is 0 Å². The average Bonchev–Trinajstić information content (AvgIpc) is 3.85. The standard InChI is InChI=1S/C51H39N3O/c52-47(36-20-18-35(19-21-36)34-12-5-2-6-13-34)29-40(26-33-10-3-1-4-11-33)38-15-9-14-37(27-38)39-22-23-42-41-16-7-8-17-43(41)51(44(42)28-39)45-30-53-25-24-49(45)55-50-46(51)31-54-32-48(50)54/h1-25,27-29,48,52-53H,26,30-32H2/b40-29+,52-47?. The Balaban J connectivity index is 1.01. The molecule has 1 aliphatic carbocycles. The van der Waals surface area contributed by atoms with Crippen molar-refractivity contribution in [1.29, 1.82) is 5.41 Å². The molecule has 6 aromatic carbocycles. The number of hydrogen-bond donors (Lipinski definition) is 2. The third-order valence-electron chi connectivity index (χ3n) is 12.2. The van der Waals surface area contributed by atoms with E-state index in [-0.39, 0.29) is 5.41 Å². The molecular weight excluding hydrogens is 671 g/mol. The second-order valence-corrected chi connectivity index (χ2v) is 15.3. The van der Waals surface area contributed by atoms with Crippen LogP contribution in [-0.4, -0.2) is 36.3 Å². The van der Waals surface area contributed by atoms with Crippen LogP contribution in [-0.2, 0) is 16.6 Å². The fourth-order valence-corrected chi connectivity index (χ4v) is 9.50. The highest BCUT2D eigenvalue weighted by atomic mass is 16.5. The van der Waals surface area contributed by atoms with Gasteiger partial charge in [0.15, 0.2) is 0 Å². The van der Waals surface area contributed by atoms with Crippen LogP contribution >= 0.6 is 0 Å². The lowest BCUT2D eigenvalue weighted by molar-refractivity contribution is 0.277. The number of dihydropyridines is 1. The van der Waals surface area contributed by atoms with E-state index in [1.165, 1.54) is 55.7 Å². The topological polar surface area (TPSA) is 48.1 Å². The molecule has 6 aromatic rings. The number of hydrogen-bond acceptors (Lipinski definition) is 4. The molecule has 0 bridgehead atoms. The molecule has 4 heterocycles. The van der Waals surface area contributed by atoms with Crippen molar-refractivity contribution in [3.05, 3.63) is 220 Å². The molecule has 0 amide bonds. The summed E-state index contributed by atoms with van der Waals surface area (Å²) in [6.07, 6.45) is 6.94. The van der Waals surface area contributed by atoms with Crippen molar-refractivity contribution in [2.75, 3.05) is 19.6 Å². The lowest BCUT2D eigenvalue weighted by atomic mass is 9.64. The van der Waals surface area contributed by atoms with Gasteiger partial charge in [-0.15, -0.1) is 0 Å². The average molecular weight is 710 g/mol. The van der Waals surface area contributed by atoms with Crippen LogP contribution in [0.3, 0.4) is 0 Å². The van der Waals surface area contributed by atoms with Crippen molar-refractivity contribution in [3.63, 3.8) is 0 Å². The van der Waals surface area contributed by atoms with Crippen LogP contribution in [0.5, 0.6) is 0 Å². The Bertz CT molecular complexity index is 2670. The Labute approximate surface area is 322 Å². The Morgan fingerprint density at radius 3 is 2.25 bits per heavy atom. The van der Waals surface area contributed by atoms with E-state index in [1.807, 2.05) is 12.3 Å². The van der Waals surface area contributed by atoms with Crippen LogP contribution < -0.4 is 5.32 Å². The highest BCUT2D eigenvalue weighted by Gasteiger charge is 2.60. The minimum absolute atomic E-state index is 0.378. The molecule has 0 aromatic heterocycles. The second kappa shape index (κ2) is 12.5. The summed E-state index contributed by atoms with van der Waals surface area (Å²) in [6.45, 7) is 2.76. The summed E-state index contributed by atoms with van der Waals surface area (Å²) in [5, 5.41) is 12.8. The van der Waals surface area contributed by atoms with Gasteiger partial charge in [-0.2, -0.15) is 0 Å². The first-order valence-corrected chi connectivity index (χ1v) is 19.3. The van der Waals surface area contributed by atoms with Crippen LogP contribution in [0.2, 0.25) is 0 Å². The summed E-state index contributed by atoms with van der Waals surface area (Å²) in [4.78, 5) is 2.53. The maximum Gasteiger partial charge on any atom is 0.131 e. The van der Waals surface area contributed by atoms with Crippen molar-refractivity contribution in [2.24, 2.45) is 0 Å². The molecule has 5 aliphatic rings. The summed E-state index contributed by atoms with van der Waals surface area (Å²) in [5.41, 5.74) is 17.2. The lowest BCUT2D eigenvalue weighted by Gasteiger charge is -2.42. The Morgan fingerprint density at radius 1 is 0.691 bits per heavy atom. The zero-order valence-corrected chi connectivity index (χ0v) is 30.4. The van der Waals surface area contributed by atoms with E-state index >= 15 is 0 Å². The number of allylic oxidation sites excluding steroid dienone is 3. The van der Waals surface area contributed by atoms with Gasteiger partial charge in [-0.25, -0.2) is 0 Å². The molecule has 2 N–H and O–H groups in total. The van der Waals surface area contributed by atoms with Crippen LogP contribution in [0, 0.1) is 5.41 Å². The molecule has 1 spiro atoms. The van der Waals surface area contributed by atoms with Gasteiger partial charge in [0.2, 0.25) is 0 Å².